The molecule has 0 aliphatic heterocycles. The molecule has 0 aliphatic carbocycles. The summed E-state index contributed by atoms with van der Waals surface area (Å²) in [6, 6.07) is 17.9. The number of hydrogen-bond acceptors (Lipinski definition) is 1. The number of unbranched alkanes of at least 4 members (excludes halogenated alkanes) is 1. The molecule has 1 aromatic heterocycles. The Kier molecular flexibility index (Phi) is 3.65. The van der Waals surface area contributed by atoms with Gasteiger partial charge < -0.3 is 0 Å². The highest BCUT2D eigenvalue weighted by atomic mass is 32.1. The zero-order chi connectivity index (χ0) is 13.1. The summed E-state index contributed by atoms with van der Waals surface area (Å²) in [5.74, 6) is 0. The fourth-order valence-electron chi connectivity index (χ4n) is 2.38. The average molecular weight is 266 g/mol. The summed E-state index contributed by atoms with van der Waals surface area (Å²) in [4.78, 5) is 0. The topological polar surface area (TPSA) is 0 Å². The van der Waals surface area contributed by atoms with Gasteiger partial charge in [-0.2, -0.15) is 0 Å². The average Bonchev–Trinajstić information content (AvgIpc) is 2.93. The van der Waals surface area contributed by atoms with Gasteiger partial charge in [0, 0.05) is 4.70 Å². The van der Waals surface area contributed by atoms with Gasteiger partial charge in [0.05, 0.1) is 0 Å². The van der Waals surface area contributed by atoms with Crippen molar-refractivity contribution in [2.45, 2.75) is 26.2 Å². The van der Waals surface area contributed by atoms with Crippen molar-refractivity contribution in [2.75, 3.05) is 0 Å². The molecular weight excluding hydrogens is 248 g/mol. The molecule has 19 heavy (non-hydrogen) atoms. The maximum absolute atomic E-state index is 2.29. The molecule has 96 valence electrons. The van der Waals surface area contributed by atoms with Gasteiger partial charge in [0.15, 0.2) is 0 Å². The molecule has 0 spiro atoms. The fraction of sp³-hybridized carbons (Fsp3) is 0.222. The number of aryl methyl sites for hydroxylation is 1. The summed E-state index contributed by atoms with van der Waals surface area (Å²) < 4.78 is 1.37. The van der Waals surface area contributed by atoms with Crippen molar-refractivity contribution in [1.29, 1.82) is 0 Å². The standard InChI is InChI=1S/C18H18S/c1-2-3-4-14-5-7-15(8-6-14)17-10-9-16-11-12-19-18(16)13-17/h5-13H,2-4H2,1H3. The maximum Gasteiger partial charge on any atom is 0.0348 e. The largest absolute Gasteiger partial charge is 0.144 e. The van der Waals surface area contributed by atoms with Crippen molar-refractivity contribution < 1.29 is 0 Å². The van der Waals surface area contributed by atoms with Crippen LogP contribution in [0.2, 0.25) is 0 Å². The van der Waals surface area contributed by atoms with Crippen LogP contribution in [-0.2, 0) is 6.42 Å². The lowest BCUT2D eigenvalue weighted by Crippen LogP contribution is -1.84. The van der Waals surface area contributed by atoms with Crippen LogP contribution in [0.25, 0.3) is 21.2 Å². The molecule has 0 radical (unpaired) electrons. The lowest BCUT2D eigenvalue weighted by Gasteiger charge is -2.04. The smallest absolute Gasteiger partial charge is 0.0348 e. The van der Waals surface area contributed by atoms with E-state index in [4.69, 9.17) is 0 Å². The second-order valence-electron chi connectivity index (χ2n) is 4.97. The summed E-state index contributed by atoms with van der Waals surface area (Å²) >= 11 is 1.81. The van der Waals surface area contributed by atoms with Crippen LogP contribution >= 0.6 is 11.3 Å². The number of benzene rings is 2. The highest BCUT2D eigenvalue weighted by molar-refractivity contribution is 7.17. The number of rotatable bonds is 4. The summed E-state index contributed by atoms with van der Waals surface area (Å²) in [7, 11) is 0. The summed E-state index contributed by atoms with van der Waals surface area (Å²) in [6.07, 6.45) is 3.73. The van der Waals surface area contributed by atoms with Gasteiger partial charge in [-0.25, -0.2) is 0 Å². The monoisotopic (exact) mass is 266 g/mol. The number of hydrogen-bond donors (Lipinski definition) is 0. The third kappa shape index (κ3) is 2.71. The van der Waals surface area contributed by atoms with E-state index in [-0.39, 0.29) is 0 Å². The van der Waals surface area contributed by atoms with E-state index in [0.717, 1.165) is 0 Å². The highest BCUT2D eigenvalue weighted by Gasteiger charge is 2.01. The molecule has 0 unspecified atom stereocenters. The number of fused-ring (bicyclic) bond motifs is 1. The molecule has 2 aromatic carbocycles. The van der Waals surface area contributed by atoms with E-state index in [1.807, 2.05) is 11.3 Å². The van der Waals surface area contributed by atoms with Gasteiger partial charge in [-0.15, -0.1) is 11.3 Å². The van der Waals surface area contributed by atoms with Crippen molar-refractivity contribution in [3.63, 3.8) is 0 Å². The molecule has 0 atom stereocenters. The van der Waals surface area contributed by atoms with Gasteiger partial charge in [-0.1, -0.05) is 49.7 Å². The van der Waals surface area contributed by atoms with Crippen molar-refractivity contribution in [3.8, 4) is 11.1 Å². The maximum atomic E-state index is 2.29. The van der Waals surface area contributed by atoms with Crippen LogP contribution in [0.1, 0.15) is 25.3 Å². The fourth-order valence-corrected chi connectivity index (χ4v) is 3.21. The Morgan fingerprint density at radius 2 is 1.68 bits per heavy atom. The van der Waals surface area contributed by atoms with E-state index in [1.54, 1.807) is 0 Å². The second kappa shape index (κ2) is 5.58. The highest BCUT2D eigenvalue weighted by Crippen LogP contribution is 2.28. The lowest BCUT2D eigenvalue weighted by atomic mass is 10.0. The van der Waals surface area contributed by atoms with Crippen molar-refractivity contribution in [1.82, 2.24) is 0 Å². The van der Waals surface area contributed by atoms with Crippen LogP contribution in [0, 0.1) is 0 Å². The van der Waals surface area contributed by atoms with Gasteiger partial charge in [0.2, 0.25) is 0 Å². The molecule has 0 bridgehead atoms. The van der Waals surface area contributed by atoms with Gasteiger partial charge in [-0.3, -0.25) is 0 Å². The Bertz CT molecular complexity index is 661. The van der Waals surface area contributed by atoms with E-state index < -0.39 is 0 Å². The first kappa shape index (κ1) is 12.4. The first-order chi connectivity index (χ1) is 9.36. The Hall–Kier alpha value is -1.60. The van der Waals surface area contributed by atoms with E-state index in [9.17, 15) is 0 Å². The molecule has 1 heterocycles. The Morgan fingerprint density at radius 3 is 2.47 bits per heavy atom. The van der Waals surface area contributed by atoms with Gasteiger partial charge in [0.1, 0.15) is 0 Å². The molecule has 0 fully saturated rings. The zero-order valence-electron chi connectivity index (χ0n) is 11.2. The molecule has 0 nitrogen and oxygen atoms in total. The first-order valence-corrected chi connectivity index (χ1v) is 7.81. The third-order valence-electron chi connectivity index (χ3n) is 3.56. The first-order valence-electron chi connectivity index (χ1n) is 6.93. The molecule has 0 N–H and O–H groups in total. The van der Waals surface area contributed by atoms with Crippen LogP contribution in [0.15, 0.2) is 53.9 Å². The van der Waals surface area contributed by atoms with Gasteiger partial charge in [0.25, 0.3) is 0 Å². The normalized spacial score (nSPS) is 11.0. The Morgan fingerprint density at radius 1 is 0.895 bits per heavy atom. The van der Waals surface area contributed by atoms with Crippen LogP contribution in [0.5, 0.6) is 0 Å². The van der Waals surface area contributed by atoms with Crippen LogP contribution < -0.4 is 0 Å². The van der Waals surface area contributed by atoms with E-state index in [2.05, 4.69) is 60.8 Å². The minimum atomic E-state index is 1.20. The van der Waals surface area contributed by atoms with Gasteiger partial charge in [-0.05, 0) is 52.4 Å². The molecule has 0 saturated heterocycles. The van der Waals surface area contributed by atoms with Crippen LogP contribution in [0.4, 0.5) is 0 Å². The summed E-state index contributed by atoms with van der Waals surface area (Å²) in [6.45, 7) is 2.24. The van der Waals surface area contributed by atoms with Gasteiger partial charge >= 0.3 is 0 Å². The summed E-state index contributed by atoms with van der Waals surface area (Å²) in [5.41, 5.74) is 4.08. The molecule has 3 rings (SSSR count). The zero-order valence-corrected chi connectivity index (χ0v) is 12.0. The van der Waals surface area contributed by atoms with Crippen LogP contribution in [-0.4, -0.2) is 0 Å². The predicted octanol–water partition coefficient (Wildman–Crippen LogP) is 5.91. The molecule has 0 amide bonds. The predicted molar refractivity (Wildman–Crippen MR) is 85.9 cm³/mol. The summed E-state index contributed by atoms with van der Waals surface area (Å²) in [5, 5.41) is 3.50. The lowest BCUT2D eigenvalue weighted by molar-refractivity contribution is 0.795. The van der Waals surface area contributed by atoms with Crippen molar-refractivity contribution >= 4 is 21.4 Å². The molecule has 0 aliphatic rings. The number of thiophene rings is 1. The van der Waals surface area contributed by atoms with Crippen molar-refractivity contribution in [3.05, 3.63) is 59.5 Å². The molecule has 3 aromatic rings. The Balaban J connectivity index is 1.88. The quantitative estimate of drug-likeness (QED) is 0.550. The minimum absolute atomic E-state index is 1.20. The van der Waals surface area contributed by atoms with Crippen LogP contribution in [0.3, 0.4) is 0 Å². The SMILES string of the molecule is CCCCc1ccc(-c2ccc3ccsc3c2)cc1. The Labute approximate surface area is 118 Å². The molecule has 0 saturated carbocycles. The van der Waals surface area contributed by atoms with E-state index in [0.29, 0.717) is 0 Å². The third-order valence-corrected chi connectivity index (χ3v) is 4.44. The van der Waals surface area contributed by atoms with Crippen molar-refractivity contribution in [2.24, 2.45) is 0 Å². The molecule has 1 heteroatoms. The molecular formula is C18H18S. The van der Waals surface area contributed by atoms with E-state index in [1.165, 1.54) is 46.0 Å². The van der Waals surface area contributed by atoms with E-state index >= 15 is 0 Å². The minimum Gasteiger partial charge on any atom is -0.144 e. The second-order valence-corrected chi connectivity index (χ2v) is 5.92.